The van der Waals surface area contributed by atoms with Gasteiger partial charge in [-0.05, 0) is 43.3 Å². The first-order valence-electron chi connectivity index (χ1n) is 6.65. The van der Waals surface area contributed by atoms with E-state index >= 15 is 0 Å². The minimum Gasteiger partial charge on any atom is -0.385 e. The molecule has 1 aromatic carbocycles. The smallest absolute Gasteiger partial charge is 0.259 e. The molecule has 3 N–H and O–H groups in total. The van der Waals surface area contributed by atoms with E-state index in [-0.39, 0.29) is 16.2 Å². The summed E-state index contributed by atoms with van der Waals surface area (Å²) < 4.78 is 5.19. The second-order valence-corrected chi connectivity index (χ2v) is 5.03. The maximum absolute atomic E-state index is 12.0. The molecule has 1 amide bonds. The van der Waals surface area contributed by atoms with Crippen LogP contribution in [0.2, 0.25) is 0 Å². The highest BCUT2D eigenvalue weighted by molar-refractivity contribution is 7.71. The molecule has 112 valence electrons. The van der Waals surface area contributed by atoms with Crippen molar-refractivity contribution in [1.29, 1.82) is 0 Å². The third-order valence-electron chi connectivity index (χ3n) is 3.06. The molecular weight excluding hydrogens is 290 g/mol. The Labute approximate surface area is 126 Å². The largest absolute Gasteiger partial charge is 0.385 e. The average Bonchev–Trinajstić information content (AvgIpc) is 2.46. The van der Waals surface area contributed by atoms with Crippen molar-refractivity contribution < 1.29 is 9.53 Å². The number of nitrogens with one attached hydrogen (secondary N) is 3. The number of unbranched alkanes of at least 4 members (excludes halogenated alkanes) is 1. The number of carbonyl (C=O) groups excluding carboxylic acids is 1. The summed E-state index contributed by atoms with van der Waals surface area (Å²) >= 11 is 4.92. The zero-order chi connectivity index (χ0) is 15.2. The van der Waals surface area contributed by atoms with Crippen LogP contribution in [-0.2, 0) is 4.74 Å². The van der Waals surface area contributed by atoms with Crippen LogP contribution in [0.3, 0.4) is 0 Å². The van der Waals surface area contributed by atoms with Gasteiger partial charge in [-0.3, -0.25) is 14.6 Å². The molecule has 0 aliphatic carbocycles. The number of hydrogen-bond donors (Lipinski definition) is 3. The Hall–Kier alpha value is -1.99. The summed E-state index contributed by atoms with van der Waals surface area (Å²) in [5.41, 5.74) is 0.779. The average molecular weight is 307 g/mol. The van der Waals surface area contributed by atoms with Crippen molar-refractivity contribution in [2.75, 3.05) is 20.3 Å². The van der Waals surface area contributed by atoms with Gasteiger partial charge >= 0.3 is 0 Å². The molecule has 1 heterocycles. The number of rotatable bonds is 6. The Balaban J connectivity index is 2.10. The normalized spacial score (nSPS) is 10.7. The van der Waals surface area contributed by atoms with Gasteiger partial charge in [0.25, 0.3) is 11.5 Å². The fourth-order valence-electron chi connectivity index (χ4n) is 1.99. The van der Waals surface area contributed by atoms with Crippen molar-refractivity contribution in [2.45, 2.75) is 12.8 Å². The molecule has 0 aliphatic rings. The highest BCUT2D eigenvalue weighted by Crippen LogP contribution is 2.09. The maximum Gasteiger partial charge on any atom is 0.259 e. The van der Waals surface area contributed by atoms with Crippen molar-refractivity contribution in [3.8, 4) is 0 Å². The molecule has 0 bridgehead atoms. The summed E-state index contributed by atoms with van der Waals surface area (Å²) in [4.78, 5) is 29.1. The molecule has 21 heavy (non-hydrogen) atoms. The molecule has 1 aromatic heterocycles. The standard InChI is InChI=1S/C14H17N3O3S/c1-20-7-3-2-6-15-12(18)9-4-5-10-11(8-9)16-14(21)17-13(10)19/h4-5,8H,2-3,6-7H2,1H3,(H,15,18)(H2,16,17,19,21). The summed E-state index contributed by atoms with van der Waals surface area (Å²) in [7, 11) is 1.65. The lowest BCUT2D eigenvalue weighted by atomic mass is 10.1. The van der Waals surface area contributed by atoms with Crippen LogP contribution in [0.1, 0.15) is 23.2 Å². The van der Waals surface area contributed by atoms with Crippen molar-refractivity contribution in [3.63, 3.8) is 0 Å². The van der Waals surface area contributed by atoms with Gasteiger partial charge in [-0.15, -0.1) is 0 Å². The Morgan fingerprint density at radius 2 is 2.14 bits per heavy atom. The minimum atomic E-state index is -0.264. The van der Waals surface area contributed by atoms with Gasteiger partial charge in [0.15, 0.2) is 4.77 Å². The van der Waals surface area contributed by atoms with E-state index in [9.17, 15) is 9.59 Å². The molecule has 0 spiro atoms. The highest BCUT2D eigenvalue weighted by Gasteiger charge is 2.07. The summed E-state index contributed by atoms with van der Waals surface area (Å²) in [6, 6.07) is 4.86. The van der Waals surface area contributed by atoms with Crippen LogP contribution in [0.25, 0.3) is 10.9 Å². The molecule has 6 nitrogen and oxygen atoms in total. The summed E-state index contributed by atoms with van der Waals surface area (Å²) in [6.45, 7) is 1.27. The molecule has 0 radical (unpaired) electrons. The predicted molar refractivity (Wildman–Crippen MR) is 83.2 cm³/mol. The van der Waals surface area contributed by atoms with Crippen LogP contribution in [0.15, 0.2) is 23.0 Å². The number of ether oxygens (including phenoxy) is 1. The van der Waals surface area contributed by atoms with Gasteiger partial charge in [-0.2, -0.15) is 0 Å². The van der Waals surface area contributed by atoms with E-state index in [0.717, 1.165) is 12.8 Å². The molecule has 2 aromatic rings. The van der Waals surface area contributed by atoms with Crippen LogP contribution in [-0.4, -0.2) is 36.1 Å². The zero-order valence-corrected chi connectivity index (χ0v) is 12.5. The quantitative estimate of drug-likeness (QED) is 0.560. The second kappa shape index (κ2) is 7.14. The Bertz CT molecular complexity index is 751. The SMILES string of the molecule is COCCCCNC(=O)c1ccc2c(=O)[nH]c(=S)[nH]c2c1. The van der Waals surface area contributed by atoms with E-state index in [4.69, 9.17) is 17.0 Å². The number of hydrogen-bond acceptors (Lipinski definition) is 4. The lowest BCUT2D eigenvalue weighted by Gasteiger charge is -2.06. The third-order valence-corrected chi connectivity index (χ3v) is 3.27. The first-order valence-corrected chi connectivity index (χ1v) is 7.06. The van der Waals surface area contributed by atoms with Crippen LogP contribution in [0.5, 0.6) is 0 Å². The van der Waals surface area contributed by atoms with Gasteiger partial charge in [0, 0.05) is 25.8 Å². The maximum atomic E-state index is 12.0. The summed E-state index contributed by atoms with van der Waals surface area (Å²) in [6.07, 6.45) is 1.76. The first-order chi connectivity index (χ1) is 10.1. The molecule has 0 unspecified atom stereocenters. The number of carbonyl (C=O) groups is 1. The van der Waals surface area contributed by atoms with Crippen molar-refractivity contribution in [2.24, 2.45) is 0 Å². The van der Waals surface area contributed by atoms with Gasteiger partial charge in [-0.1, -0.05) is 0 Å². The molecule has 0 fully saturated rings. The van der Waals surface area contributed by atoms with Gasteiger partial charge in [0.05, 0.1) is 10.9 Å². The van der Waals surface area contributed by atoms with Crippen molar-refractivity contribution in [1.82, 2.24) is 15.3 Å². The Morgan fingerprint density at radius 3 is 2.90 bits per heavy atom. The molecule has 0 saturated heterocycles. The molecule has 0 aliphatic heterocycles. The van der Waals surface area contributed by atoms with E-state index in [1.54, 1.807) is 25.3 Å². The zero-order valence-electron chi connectivity index (χ0n) is 11.7. The van der Waals surface area contributed by atoms with Gasteiger partial charge in [0.2, 0.25) is 0 Å². The Kier molecular flexibility index (Phi) is 5.24. The van der Waals surface area contributed by atoms with Crippen LogP contribution >= 0.6 is 12.2 Å². The van der Waals surface area contributed by atoms with Gasteiger partial charge in [0.1, 0.15) is 0 Å². The van der Waals surface area contributed by atoms with Gasteiger partial charge in [-0.25, -0.2) is 0 Å². The van der Waals surface area contributed by atoms with Crippen LogP contribution in [0.4, 0.5) is 0 Å². The first kappa shape index (κ1) is 15.4. The Morgan fingerprint density at radius 1 is 1.33 bits per heavy atom. The van der Waals surface area contributed by atoms with E-state index in [1.165, 1.54) is 0 Å². The monoisotopic (exact) mass is 307 g/mol. The molecule has 7 heteroatoms. The second-order valence-electron chi connectivity index (χ2n) is 4.62. The van der Waals surface area contributed by atoms with E-state index < -0.39 is 0 Å². The van der Waals surface area contributed by atoms with Crippen LogP contribution < -0.4 is 10.9 Å². The van der Waals surface area contributed by atoms with Gasteiger partial charge < -0.3 is 15.0 Å². The predicted octanol–water partition coefficient (Wildman–Crippen LogP) is 1.74. The molecule has 0 saturated carbocycles. The van der Waals surface area contributed by atoms with E-state index in [0.29, 0.717) is 29.6 Å². The van der Waals surface area contributed by atoms with Crippen molar-refractivity contribution in [3.05, 3.63) is 38.9 Å². The minimum absolute atomic E-state index is 0.172. The lowest BCUT2D eigenvalue weighted by molar-refractivity contribution is 0.0951. The highest BCUT2D eigenvalue weighted by atomic mass is 32.1. The van der Waals surface area contributed by atoms with Crippen LogP contribution in [0, 0.1) is 4.77 Å². The number of H-pyrrole nitrogens is 2. The number of methoxy groups -OCH3 is 1. The van der Waals surface area contributed by atoms with Crippen molar-refractivity contribution >= 4 is 29.0 Å². The number of aromatic amines is 2. The number of fused-ring (bicyclic) bond motifs is 1. The number of amides is 1. The fraction of sp³-hybridized carbons (Fsp3) is 0.357. The molecule has 2 rings (SSSR count). The topological polar surface area (TPSA) is 87.0 Å². The number of aromatic nitrogens is 2. The molecular formula is C14H17N3O3S. The summed E-state index contributed by atoms with van der Waals surface area (Å²) in [5.74, 6) is -0.172. The molecule has 0 atom stereocenters. The number of benzene rings is 1. The fourth-order valence-corrected chi connectivity index (χ4v) is 2.19. The van der Waals surface area contributed by atoms with E-state index in [2.05, 4.69) is 15.3 Å². The third kappa shape index (κ3) is 3.99. The lowest BCUT2D eigenvalue weighted by Crippen LogP contribution is -2.24. The summed E-state index contributed by atoms with van der Waals surface area (Å²) in [5, 5.41) is 3.30. The van der Waals surface area contributed by atoms with E-state index in [1.807, 2.05) is 0 Å².